The second-order valence-electron chi connectivity index (χ2n) is 8.84. The Labute approximate surface area is 201 Å². The van der Waals surface area contributed by atoms with Gasteiger partial charge in [-0.2, -0.15) is 0 Å². The van der Waals surface area contributed by atoms with E-state index in [0.717, 1.165) is 47.8 Å². The van der Waals surface area contributed by atoms with E-state index in [2.05, 4.69) is 40.2 Å². The lowest BCUT2D eigenvalue weighted by Crippen LogP contribution is -2.29. The number of nitro groups is 1. The molecule has 0 spiro atoms. The van der Waals surface area contributed by atoms with Crippen LogP contribution in [-0.2, 0) is 0 Å². The molecule has 2 N–H and O–H groups in total. The van der Waals surface area contributed by atoms with Crippen molar-refractivity contribution in [2.24, 2.45) is 0 Å². The minimum absolute atomic E-state index is 0.0478. The van der Waals surface area contributed by atoms with E-state index in [4.69, 9.17) is 9.97 Å². The Hall–Kier alpha value is -4.30. The number of phenolic OH excluding ortho intramolecular Hbond substituents is 1. The maximum Gasteiger partial charge on any atom is 0.270 e. The van der Waals surface area contributed by atoms with Crippen LogP contribution in [0.1, 0.15) is 18.9 Å². The standard InChI is InChI=1S/C27H23N5O3/c33-24-8-7-21(32(34)35)16-23(24)26-30-25-22(19-6-5-17-3-1-2-4-18(17)15-19)11-14-29-27(25)31(26)20-9-12-28-13-10-20/h1-8,11,14-16,20,28,33H,9-10,12-13H2. The van der Waals surface area contributed by atoms with Crippen LogP contribution in [-0.4, -0.2) is 37.7 Å². The lowest BCUT2D eigenvalue weighted by molar-refractivity contribution is -0.384. The lowest BCUT2D eigenvalue weighted by Gasteiger charge is -2.26. The van der Waals surface area contributed by atoms with E-state index in [1.807, 2.05) is 18.2 Å². The Morgan fingerprint density at radius 3 is 2.57 bits per heavy atom. The van der Waals surface area contributed by atoms with Crippen LogP contribution in [0.5, 0.6) is 5.75 Å². The van der Waals surface area contributed by atoms with E-state index in [9.17, 15) is 15.2 Å². The predicted molar refractivity (Wildman–Crippen MR) is 135 cm³/mol. The topological polar surface area (TPSA) is 106 Å². The van der Waals surface area contributed by atoms with Gasteiger partial charge in [-0.05, 0) is 60.5 Å². The molecule has 35 heavy (non-hydrogen) atoms. The van der Waals surface area contributed by atoms with Gasteiger partial charge in [0.2, 0.25) is 0 Å². The summed E-state index contributed by atoms with van der Waals surface area (Å²) in [5.41, 5.74) is 3.61. The lowest BCUT2D eigenvalue weighted by atomic mass is 10.0. The molecule has 3 heterocycles. The highest BCUT2D eigenvalue weighted by molar-refractivity contribution is 5.96. The summed E-state index contributed by atoms with van der Waals surface area (Å²) in [7, 11) is 0. The number of benzene rings is 3. The first-order valence-electron chi connectivity index (χ1n) is 11.6. The molecular formula is C27H23N5O3. The Kier molecular flexibility index (Phi) is 5.15. The largest absolute Gasteiger partial charge is 0.507 e. The molecule has 0 unspecified atom stereocenters. The number of non-ortho nitro benzene ring substituents is 1. The number of aromatic nitrogens is 3. The van der Waals surface area contributed by atoms with Crippen LogP contribution in [0.2, 0.25) is 0 Å². The highest BCUT2D eigenvalue weighted by atomic mass is 16.6. The molecule has 8 heteroatoms. The molecule has 1 fully saturated rings. The van der Waals surface area contributed by atoms with Crippen LogP contribution in [0.4, 0.5) is 5.69 Å². The number of nitrogens with one attached hydrogen (secondary N) is 1. The summed E-state index contributed by atoms with van der Waals surface area (Å²) < 4.78 is 2.06. The number of hydrogen-bond acceptors (Lipinski definition) is 6. The van der Waals surface area contributed by atoms with Gasteiger partial charge in [0, 0.05) is 29.9 Å². The highest BCUT2D eigenvalue weighted by Crippen LogP contribution is 2.39. The molecule has 2 aromatic heterocycles. The number of nitrogens with zero attached hydrogens (tertiary/aromatic N) is 4. The molecule has 0 radical (unpaired) electrons. The zero-order valence-electron chi connectivity index (χ0n) is 18.9. The minimum atomic E-state index is -0.459. The Morgan fingerprint density at radius 1 is 0.971 bits per heavy atom. The number of hydrogen-bond donors (Lipinski definition) is 2. The maximum absolute atomic E-state index is 11.5. The van der Waals surface area contributed by atoms with Crippen LogP contribution < -0.4 is 5.32 Å². The van der Waals surface area contributed by atoms with Gasteiger partial charge in [-0.25, -0.2) is 9.97 Å². The van der Waals surface area contributed by atoms with E-state index in [1.54, 1.807) is 6.20 Å². The third kappa shape index (κ3) is 3.68. The second kappa shape index (κ2) is 8.48. The van der Waals surface area contributed by atoms with Gasteiger partial charge in [-0.15, -0.1) is 0 Å². The van der Waals surface area contributed by atoms with Crippen LogP contribution in [0.3, 0.4) is 0 Å². The SMILES string of the molecule is O=[N+]([O-])c1ccc(O)c(-c2nc3c(-c4ccc5ccccc5c4)ccnc3n2C2CCNCC2)c1. The van der Waals surface area contributed by atoms with Crippen LogP contribution in [0.15, 0.2) is 72.9 Å². The van der Waals surface area contributed by atoms with Crippen LogP contribution in [0.25, 0.3) is 44.5 Å². The van der Waals surface area contributed by atoms with E-state index >= 15 is 0 Å². The molecule has 0 saturated carbocycles. The van der Waals surface area contributed by atoms with Gasteiger partial charge in [-0.1, -0.05) is 36.4 Å². The molecule has 0 atom stereocenters. The fraction of sp³-hybridized carbons (Fsp3) is 0.185. The van der Waals surface area contributed by atoms with Gasteiger partial charge in [0.25, 0.3) is 5.69 Å². The van der Waals surface area contributed by atoms with E-state index in [-0.39, 0.29) is 17.5 Å². The van der Waals surface area contributed by atoms with E-state index in [1.165, 1.54) is 18.2 Å². The molecule has 1 aliphatic heterocycles. The Bertz CT molecular complexity index is 1590. The van der Waals surface area contributed by atoms with Crippen molar-refractivity contribution < 1.29 is 10.0 Å². The van der Waals surface area contributed by atoms with E-state index in [0.29, 0.717) is 22.6 Å². The van der Waals surface area contributed by atoms with Gasteiger partial charge >= 0.3 is 0 Å². The number of aromatic hydroxyl groups is 1. The van der Waals surface area contributed by atoms with Gasteiger partial charge in [0.05, 0.1) is 10.5 Å². The zero-order chi connectivity index (χ0) is 23.9. The summed E-state index contributed by atoms with van der Waals surface area (Å²) in [6.45, 7) is 1.71. The molecular weight excluding hydrogens is 442 g/mol. The monoisotopic (exact) mass is 465 g/mol. The predicted octanol–water partition coefficient (Wildman–Crippen LogP) is 5.46. The molecule has 5 aromatic rings. The molecule has 3 aromatic carbocycles. The van der Waals surface area contributed by atoms with Gasteiger partial charge in [-0.3, -0.25) is 10.1 Å². The number of piperidine rings is 1. The molecule has 0 amide bonds. The first-order chi connectivity index (χ1) is 17.1. The van der Waals surface area contributed by atoms with Crippen LogP contribution in [0, 0.1) is 10.1 Å². The quantitative estimate of drug-likeness (QED) is 0.270. The summed E-state index contributed by atoms with van der Waals surface area (Å²) >= 11 is 0. The number of imidazole rings is 1. The van der Waals surface area contributed by atoms with Crippen molar-refractivity contribution in [2.45, 2.75) is 18.9 Å². The minimum Gasteiger partial charge on any atom is -0.507 e. The summed E-state index contributed by atoms with van der Waals surface area (Å²) in [5, 5.41) is 27.9. The third-order valence-electron chi connectivity index (χ3n) is 6.75. The molecule has 0 bridgehead atoms. The Morgan fingerprint density at radius 2 is 1.77 bits per heavy atom. The molecule has 174 valence electrons. The maximum atomic E-state index is 11.5. The van der Waals surface area contributed by atoms with Crippen molar-refractivity contribution in [3.8, 4) is 28.3 Å². The number of rotatable bonds is 4. The average molecular weight is 466 g/mol. The van der Waals surface area contributed by atoms with Crippen molar-refractivity contribution in [3.63, 3.8) is 0 Å². The summed E-state index contributed by atoms with van der Waals surface area (Å²) in [4.78, 5) is 20.7. The number of pyridine rings is 1. The fourth-order valence-electron chi connectivity index (χ4n) is 5.00. The zero-order valence-corrected chi connectivity index (χ0v) is 18.9. The van der Waals surface area contributed by atoms with Gasteiger partial charge in [0.1, 0.15) is 17.1 Å². The van der Waals surface area contributed by atoms with Crippen molar-refractivity contribution >= 4 is 27.6 Å². The number of phenols is 1. The van der Waals surface area contributed by atoms with Crippen molar-refractivity contribution in [1.29, 1.82) is 0 Å². The molecule has 1 aliphatic rings. The summed E-state index contributed by atoms with van der Waals surface area (Å²) in [5.74, 6) is 0.446. The third-order valence-corrected chi connectivity index (χ3v) is 6.75. The smallest absolute Gasteiger partial charge is 0.270 e. The fourth-order valence-corrected chi connectivity index (χ4v) is 5.00. The van der Waals surface area contributed by atoms with Crippen molar-refractivity contribution in [1.82, 2.24) is 19.9 Å². The van der Waals surface area contributed by atoms with Crippen molar-refractivity contribution in [2.75, 3.05) is 13.1 Å². The van der Waals surface area contributed by atoms with Crippen LogP contribution >= 0.6 is 0 Å². The molecule has 1 saturated heterocycles. The van der Waals surface area contributed by atoms with Crippen molar-refractivity contribution in [3.05, 3.63) is 83.0 Å². The first kappa shape index (κ1) is 21.2. The van der Waals surface area contributed by atoms with Gasteiger partial charge in [0.15, 0.2) is 5.65 Å². The first-order valence-corrected chi connectivity index (χ1v) is 11.6. The molecule has 6 rings (SSSR count). The Balaban J connectivity index is 1.61. The number of nitro benzene ring substituents is 1. The van der Waals surface area contributed by atoms with E-state index < -0.39 is 4.92 Å². The summed E-state index contributed by atoms with van der Waals surface area (Å²) in [6.07, 6.45) is 3.52. The second-order valence-corrected chi connectivity index (χ2v) is 8.84. The average Bonchev–Trinajstić information content (AvgIpc) is 3.28. The molecule has 8 nitrogen and oxygen atoms in total. The normalized spacial score (nSPS) is 14.5. The van der Waals surface area contributed by atoms with Gasteiger partial charge < -0.3 is 15.0 Å². The molecule has 0 aliphatic carbocycles. The summed E-state index contributed by atoms with van der Waals surface area (Å²) in [6, 6.07) is 20.6. The number of fused-ring (bicyclic) bond motifs is 2. The highest BCUT2D eigenvalue weighted by Gasteiger charge is 2.26.